The average molecular weight is 250 g/mol. The molecule has 1 aliphatic heterocycles. The van der Waals surface area contributed by atoms with Crippen molar-refractivity contribution in [2.45, 2.75) is 83.2 Å². The second kappa shape index (κ2) is 5.96. The molecule has 0 bridgehead atoms. The summed E-state index contributed by atoms with van der Waals surface area (Å²) >= 11 is 0. The van der Waals surface area contributed by atoms with E-state index in [2.05, 4.69) is 6.82 Å². The highest BCUT2D eigenvalue weighted by molar-refractivity contribution is 6.43. The van der Waals surface area contributed by atoms with Gasteiger partial charge in [0.15, 0.2) is 0 Å². The third-order valence-electron chi connectivity index (χ3n) is 5.25. The summed E-state index contributed by atoms with van der Waals surface area (Å²) in [4.78, 5) is 0. The van der Waals surface area contributed by atoms with Crippen LogP contribution in [-0.4, -0.2) is 19.3 Å². The van der Waals surface area contributed by atoms with Crippen molar-refractivity contribution in [1.82, 2.24) is 0 Å². The number of hydrogen-bond acceptors (Lipinski definition) is 2. The Balaban J connectivity index is 1.65. The monoisotopic (exact) mass is 250 g/mol. The van der Waals surface area contributed by atoms with E-state index in [1.807, 2.05) is 0 Å². The Morgan fingerprint density at radius 3 is 1.44 bits per heavy atom. The summed E-state index contributed by atoms with van der Waals surface area (Å²) in [6.07, 6.45) is 14.7. The number of rotatable bonds is 2. The summed E-state index contributed by atoms with van der Waals surface area (Å²) in [5.74, 6) is 1.55. The van der Waals surface area contributed by atoms with Crippen molar-refractivity contribution in [3.05, 3.63) is 0 Å². The van der Waals surface area contributed by atoms with Crippen LogP contribution >= 0.6 is 0 Å². The van der Waals surface area contributed by atoms with Crippen LogP contribution in [-0.2, 0) is 9.31 Å². The topological polar surface area (TPSA) is 18.5 Å². The van der Waals surface area contributed by atoms with Crippen LogP contribution in [0.15, 0.2) is 0 Å². The largest absolute Gasteiger partial charge is 0.454 e. The molecular weight excluding hydrogens is 223 g/mol. The average Bonchev–Trinajstić information content (AvgIpc) is 2.83. The maximum atomic E-state index is 6.14. The lowest BCUT2D eigenvalue weighted by Gasteiger charge is -2.35. The summed E-state index contributed by atoms with van der Waals surface area (Å²) in [7, 11) is 0.0313. The van der Waals surface area contributed by atoms with Crippen LogP contribution in [0, 0.1) is 11.8 Å². The fourth-order valence-corrected chi connectivity index (χ4v) is 4.31. The molecule has 0 spiro atoms. The van der Waals surface area contributed by atoms with Gasteiger partial charge in [-0.1, -0.05) is 38.5 Å². The molecule has 2 saturated carbocycles. The summed E-state index contributed by atoms with van der Waals surface area (Å²) in [6.45, 7) is 2.08. The van der Waals surface area contributed by atoms with Gasteiger partial charge in [0.2, 0.25) is 0 Å². The van der Waals surface area contributed by atoms with Crippen LogP contribution < -0.4 is 0 Å². The van der Waals surface area contributed by atoms with E-state index >= 15 is 0 Å². The molecule has 0 N–H and O–H groups in total. The second-order valence-electron chi connectivity index (χ2n) is 6.57. The highest BCUT2D eigenvalue weighted by Crippen LogP contribution is 2.40. The zero-order valence-electron chi connectivity index (χ0n) is 11.8. The first-order chi connectivity index (χ1) is 8.84. The van der Waals surface area contributed by atoms with E-state index in [4.69, 9.17) is 9.31 Å². The molecule has 2 atom stereocenters. The minimum atomic E-state index is 0.0313. The Bertz CT molecular complexity index is 233. The van der Waals surface area contributed by atoms with Gasteiger partial charge in [0, 0.05) is 0 Å². The standard InChI is InChI=1S/C15H27BO2/c1-16-17-14(12-8-4-2-5-9-12)15(18-16)13-10-6-3-7-11-13/h12-15H,2-11H2,1H3/t14-,15-/m1/s1. The van der Waals surface area contributed by atoms with Crippen molar-refractivity contribution in [3.8, 4) is 0 Å². The van der Waals surface area contributed by atoms with Crippen LogP contribution in [0.5, 0.6) is 0 Å². The second-order valence-corrected chi connectivity index (χ2v) is 6.57. The lowest BCUT2D eigenvalue weighted by Crippen LogP contribution is -2.38. The minimum Gasteiger partial charge on any atom is -0.406 e. The molecule has 0 aromatic rings. The molecule has 0 unspecified atom stereocenters. The molecule has 1 saturated heterocycles. The van der Waals surface area contributed by atoms with Gasteiger partial charge in [0.05, 0.1) is 12.2 Å². The lowest BCUT2D eigenvalue weighted by molar-refractivity contribution is 0.0324. The Hall–Kier alpha value is -0.0151. The third-order valence-corrected chi connectivity index (χ3v) is 5.25. The number of hydrogen-bond donors (Lipinski definition) is 0. The van der Waals surface area contributed by atoms with E-state index in [-0.39, 0.29) is 7.12 Å². The first kappa shape index (κ1) is 13.0. The molecule has 0 amide bonds. The third kappa shape index (κ3) is 2.77. The van der Waals surface area contributed by atoms with Gasteiger partial charge < -0.3 is 9.31 Å². The van der Waals surface area contributed by atoms with Crippen molar-refractivity contribution in [2.75, 3.05) is 0 Å². The highest BCUT2D eigenvalue weighted by Gasteiger charge is 2.44. The molecule has 18 heavy (non-hydrogen) atoms. The van der Waals surface area contributed by atoms with Gasteiger partial charge in [-0.3, -0.25) is 0 Å². The maximum Gasteiger partial charge on any atom is 0.454 e. The van der Waals surface area contributed by atoms with Crippen molar-refractivity contribution in [3.63, 3.8) is 0 Å². The van der Waals surface area contributed by atoms with Crippen LogP contribution in [0.3, 0.4) is 0 Å². The SMILES string of the molecule is CB1O[C@H](C2CCCCC2)[C@@H](C2CCCCC2)O1. The minimum absolute atomic E-state index is 0.0313. The van der Waals surface area contributed by atoms with Crippen LogP contribution in [0.4, 0.5) is 0 Å². The van der Waals surface area contributed by atoms with Crippen molar-refractivity contribution < 1.29 is 9.31 Å². The molecule has 3 aliphatic rings. The van der Waals surface area contributed by atoms with E-state index in [1.165, 1.54) is 64.2 Å². The molecule has 2 nitrogen and oxygen atoms in total. The molecule has 3 fully saturated rings. The zero-order valence-corrected chi connectivity index (χ0v) is 11.8. The Morgan fingerprint density at radius 2 is 1.06 bits per heavy atom. The molecule has 3 rings (SSSR count). The normalized spacial score (nSPS) is 36.2. The molecular formula is C15H27BO2. The predicted molar refractivity (Wildman–Crippen MR) is 74.5 cm³/mol. The quantitative estimate of drug-likeness (QED) is 0.688. The van der Waals surface area contributed by atoms with E-state index < -0.39 is 0 Å². The molecule has 2 aliphatic carbocycles. The Kier molecular flexibility index (Phi) is 4.30. The van der Waals surface area contributed by atoms with E-state index in [1.54, 1.807) is 0 Å². The molecule has 102 valence electrons. The van der Waals surface area contributed by atoms with Crippen LogP contribution in [0.2, 0.25) is 6.82 Å². The van der Waals surface area contributed by atoms with E-state index in [9.17, 15) is 0 Å². The van der Waals surface area contributed by atoms with Gasteiger partial charge in [0.25, 0.3) is 0 Å². The molecule has 0 radical (unpaired) electrons. The molecule has 0 aromatic heterocycles. The Labute approximate surface area is 112 Å². The Morgan fingerprint density at radius 1 is 0.667 bits per heavy atom. The van der Waals surface area contributed by atoms with Gasteiger partial charge >= 0.3 is 7.12 Å². The van der Waals surface area contributed by atoms with E-state index in [0.29, 0.717) is 12.2 Å². The van der Waals surface area contributed by atoms with Crippen molar-refractivity contribution in [2.24, 2.45) is 11.8 Å². The van der Waals surface area contributed by atoms with Crippen molar-refractivity contribution >= 4 is 7.12 Å². The van der Waals surface area contributed by atoms with Gasteiger partial charge in [0.1, 0.15) is 0 Å². The lowest BCUT2D eigenvalue weighted by atomic mass is 9.77. The first-order valence-corrected chi connectivity index (χ1v) is 8.15. The molecule has 1 heterocycles. The predicted octanol–water partition coefficient (Wildman–Crippen LogP) is 4.05. The van der Waals surface area contributed by atoms with Crippen LogP contribution in [0.25, 0.3) is 0 Å². The summed E-state index contributed by atoms with van der Waals surface area (Å²) in [5.41, 5.74) is 0. The fourth-order valence-electron chi connectivity index (χ4n) is 4.31. The zero-order chi connectivity index (χ0) is 12.4. The highest BCUT2D eigenvalue weighted by atomic mass is 16.7. The van der Waals surface area contributed by atoms with Gasteiger partial charge in [-0.2, -0.15) is 0 Å². The summed E-state index contributed by atoms with van der Waals surface area (Å²) < 4.78 is 12.3. The summed E-state index contributed by atoms with van der Waals surface area (Å²) in [5, 5.41) is 0. The van der Waals surface area contributed by atoms with Gasteiger partial charge in [-0.25, -0.2) is 0 Å². The molecule has 0 aromatic carbocycles. The van der Waals surface area contributed by atoms with Crippen molar-refractivity contribution in [1.29, 1.82) is 0 Å². The maximum absolute atomic E-state index is 6.14. The van der Waals surface area contributed by atoms with Gasteiger partial charge in [-0.05, 0) is 44.3 Å². The summed E-state index contributed by atoms with van der Waals surface area (Å²) in [6, 6.07) is 0. The fraction of sp³-hybridized carbons (Fsp3) is 1.00. The smallest absolute Gasteiger partial charge is 0.406 e. The van der Waals surface area contributed by atoms with E-state index in [0.717, 1.165) is 11.8 Å². The van der Waals surface area contributed by atoms with Gasteiger partial charge in [-0.15, -0.1) is 0 Å². The van der Waals surface area contributed by atoms with Crippen LogP contribution in [0.1, 0.15) is 64.2 Å². The first-order valence-electron chi connectivity index (χ1n) is 8.15. The molecule has 3 heteroatoms.